The highest BCUT2D eigenvalue weighted by Crippen LogP contribution is 2.33. The zero-order valence-corrected chi connectivity index (χ0v) is 22.0. The van der Waals surface area contributed by atoms with Crippen molar-refractivity contribution in [3.8, 4) is 0 Å². The molecule has 2 aromatic rings. The summed E-state index contributed by atoms with van der Waals surface area (Å²) >= 11 is 12.3. The minimum absolute atomic E-state index is 0.125. The first kappa shape index (κ1) is 28.3. The van der Waals surface area contributed by atoms with Crippen molar-refractivity contribution >= 4 is 40.7 Å². The first-order chi connectivity index (χ1) is 16.9. The Labute approximate surface area is 220 Å². The summed E-state index contributed by atoms with van der Waals surface area (Å²) in [4.78, 5) is 27.1. The number of hydrogen-bond acceptors (Lipinski definition) is 5. The highest BCUT2D eigenvalue weighted by molar-refractivity contribution is 6.31. The van der Waals surface area contributed by atoms with Gasteiger partial charge in [-0.1, -0.05) is 56.1 Å². The van der Waals surface area contributed by atoms with Gasteiger partial charge in [0.1, 0.15) is 11.9 Å². The molecule has 3 rings (SSSR count). The number of aliphatic hydroxyl groups is 2. The van der Waals surface area contributed by atoms with Crippen molar-refractivity contribution < 1.29 is 24.2 Å². The molecule has 0 radical (unpaired) electrons. The maximum absolute atomic E-state index is 14.4. The van der Waals surface area contributed by atoms with Crippen molar-refractivity contribution in [1.29, 1.82) is 0 Å². The predicted octanol–water partition coefficient (Wildman–Crippen LogP) is 3.64. The second kappa shape index (κ2) is 11.9. The van der Waals surface area contributed by atoms with Gasteiger partial charge in [0.15, 0.2) is 0 Å². The smallest absolute Gasteiger partial charge is 0.238 e. The molecule has 10 heteroatoms. The number of amides is 2. The number of benzene rings is 2. The molecule has 0 saturated heterocycles. The minimum atomic E-state index is -1.15. The van der Waals surface area contributed by atoms with Gasteiger partial charge in [0.2, 0.25) is 11.8 Å². The molecule has 36 heavy (non-hydrogen) atoms. The van der Waals surface area contributed by atoms with Crippen LogP contribution < -0.4 is 16.0 Å². The third-order valence-electron chi connectivity index (χ3n) is 5.97. The summed E-state index contributed by atoms with van der Waals surface area (Å²) in [6, 6.07) is 7.98. The molecule has 0 aromatic heterocycles. The summed E-state index contributed by atoms with van der Waals surface area (Å²) in [7, 11) is 0. The lowest BCUT2D eigenvalue weighted by atomic mass is 9.84. The summed E-state index contributed by atoms with van der Waals surface area (Å²) < 4.78 is 14.4. The van der Waals surface area contributed by atoms with Crippen LogP contribution in [0.1, 0.15) is 44.2 Å². The molecular weight excluding hydrogens is 508 g/mol. The average Bonchev–Trinajstić information content (AvgIpc) is 2.83. The zero-order valence-electron chi connectivity index (χ0n) is 20.4. The van der Waals surface area contributed by atoms with Crippen molar-refractivity contribution in [2.24, 2.45) is 5.41 Å². The summed E-state index contributed by atoms with van der Waals surface area (Å²) in [5, 5.41) is 28.0. The van der Waals surface area contributed by atoms with Crippen LogP contribution in [-0.4, -0.2) is 53.4 Å². The lowest BCUT2D eigenvalue weighted by molar-refractivity contribution is -0.128. The lowest BCUT2D eigenvalue weighted by Crippen LogP contribution is -2.55. The average molecular weight is 540 g/mol. The molecule has 2 aromatic carbocycles. The molecule has 0 fully saturated rings. The van der Waals surface area contributed by atoms with E-state index in [1.165, 1.54) is 12.1 Å². The topological polar surface area (TPSA) is 111 Å². The molecule has 196 valence electrons. The summed E-state index contributed by atoms with van der Waals surface area (Å²) in [6.07, 6.45) is -0.217. The number of rotatable bonds is 6. The molecule has 1 aliphatic heterocycles. The number of nitrogens with one attached hydrogen (secondary N) is 3. The Bertz CT molecular complexity index is 1110. The SMILES string of the molecule is CC(C)(C)C[C@@H]1Cc2cc(F)c(Cl)cc2NC(=O)[C@@H](c2cccc(Cl)c2)[C@H](C(=O)NC[C@@H](O)CO)N1. The lowest BCUT2D eigenvalue weighted by Gasteiger charge is -2.33. The Hall–Kier alpha value is -2.23. The Morgan fingerprint density at radius 2 is 1.97 bits per heavy atom. The molecule has 5 N–H and O–H groups in total. The maximum Gasteiger partial charge on any atom is 0.238 e. The van der Waals surface area contributed by atoms with Crippen molar-refractivity contribution in [1.82, 2.24) is 10.6 Å². The van der Waals surface area contributed by atoms with Crippen LogP contribution in [0.3, 0.4) is 0 Å². The van der Waals surface area contributed by atoms with E-state index in [0.29, 0.717) is 34.7 Å². The molecule has 7 nitrogen and oxygen atoms in total. The standard InChI is InChI=1S/C26H32Cl2FN3O4/c1-26(2,3)11-17-8-15-9-20(29)19(28)10-21(15)32-24(35)22(14-5-4-6-16(27)7-14)23(31-17)25(36)30-12-18(34)13-33/h4-7,9-10,17-18,22-23,31,33-34H,8,11-13H2,1-3H3,(H,30,36)(H,32,35)/t17-,18+,22-,23+/m0/s1. The molecule has 1 heterocycles. The molecule has 0 saturated carbocycles. The van der Waals surface area contributed by atoms with Gasteiger partial charge in [-0.25, -0.2) is 4.39 Å². The molecule has 2 amide bonds. The first-order valence-corrected chi connectivity index (χ1v) is 12.5. The van der Waals surface area contributed by atoms with E-state index >= 15 is 0 Å². The first-order valence-electron chi connectivity index (χ1n) is 11.7. The summed E-state index contributed by atoms with van der Waals surface area (Å²) in [5.74, 6) is -2.66. The highest BCUT2D eigenvalue weighted by atomic mass is 35.5. The van der Waals surface area contributed by atoms with Gasteiger partial charge >= 0.3 is 0 Å². The van der Waals surface area contributed by atoms with Gasteiger partial charge in [0, 0.05) is 23.3 Å². The number of aliphatic hydroxyl groups excluding tert-OH is 2. The Morgan fingerprint density at radius 1 is 1.25 bits per heavy atom. The summed E-state index contributed by atoms with van der Waals surface area (Å²) in [6.45, 7) is 5.44. The van der Waals surface area contributed by atoms with Gasteiger partial charge in [-0.2, -0.15) is 0 Å². The van der Waals surface area contributed by atoms with E-state index in [1.54, 1.807) is 24.3 Å². The van der Waals surface area contributed by atoms with Gasteiger partial charge in [-0.05, 0) is 53.6 Å². The largest absolute Gasteiger partial charge is 0.394 e. The molecule has 0 unspecified atom stereocenters. The Balaban J connectivity index is 2.13. The molecule has 0 spiro atoms. The van der Waals surface area contributed by atoms with Gasteiger partial charge in [-0.15, -0.1) is 0 Å². The van der Waals surface area contributed by atoms with Crippen LogP contribution in [-0.2, 0) is 16.0 Å². The molecule has 0 aliphatic carbocycles. The fraction of sp³-hybridized carbons (Fsp3) is 0.462. The zero-order chi connectivity index (χ0) is 26.6. The molecule has 0 bridgehead atoms. The minimum Gasteiger partial charge on any atom is -0.394 e. The number of halogens is 3. The summed E-state index contributed by atoms with van der Waals surface area (Å²) in [5.41, 5.74) is 1.26. The van der Waals surface area contributed by atoms with Crippen LogP contribution in [0.2, 0.25) is 10.0 Å². The van der Waals surface area contributed by atoms with Gasteiger partial charge < -0.3 is 26.2 Å². The Morgan fingerprint density at radius 3 is 2.61 bits per heavy atom. The molecule has 4 atom stereocenters. The number of carbonyl (C=O) groups excluding carboxylic acids is 2. The number of fused-ring (bicyclic) bond motifs is 1. The normalized spacial score (nSPS) is 21.4. The fourth-order valence-electron chi connectivity index (χ4n) is 4.44. The molecule has 1 aliphatic rings. The van der Waals surface area contributed by atoms with Gasteiger partial charge in [0.25, 0.3) is 0 Å². The van der Waals surface area contributed by atoms with Crippen LogP contribution in [0.4, 0.5) is 10.1 Å². The number of hydrogen-bond donors (Lipinski definition) is 5. The van der Waals surface area contributed by atoms with Crippen molar-refractivity contribution in [2.45, 2.75) is 57.7 Å². The van der Waals surface area contributed by atoms with Gasteiger partial charge in [-0.3, -0.25) is 9.59 Å². The van der Waals surface area contributed by atoms with Crippen molar-refractivity contribution in [3.05, 3.63) is 63.4 Å². The van der Waals surface area contributed by atoms with Crippen LogP contribution in [0.5, 0.6) is 0 Å². The van der Waals surface area contributed by atoms with E-state index in [1.807, 2.05) is 0 Å². The van der Waals surface area contributed by atoms with E-state index in [2.05, 4.69) is 36.7 Å². The number of anilines is 1. The van der Waals surface area contributed by atoms with Crippen LogP contribution in [0.25, 0.3) is 0 Å². The van der Waals surface area contributed by atoms with Crippen molar-refractivity contribution in [3.63, 3.8) is 0 Å². The number of carbonyl (C=O) groups is 2. The van der Waals surface area contributed by atoms with E-state index in [-0.39, 0.29) is 23.0 Å². The third-order valence-corrected chi connectivity index (χ3v) is 6.50. The van der Waals surface area contributed by atoms with Crippen LogP contribution >= 0.6 is 23.2 Å². The second-order valence-electron chi connectivity index (χ2n) is 10.3. The van der Waals surface area contributed by atoms with E-state index in [0.717, 1.165) is 0 Å². The Kier molecular flexibility index (Phi) is 9.35. The van der Waals surface area contributed by atoms with E-state index in [4.69, 9.17) is 28.3 Å². The van der Waals surface area contributed by atoms with E-state index in [9.17, 15) is 19.1 Å². The quantitative estimate of drug-likeness (QED) is 0.385. The third kappa shape index (κ3) is 7.40. The monoisotopic (exact) mass is 539 g/mol. The van der Waals surface area contributed by atoms with Crippen LogP contribution in [0, 0.1) is 11.2 Å². The fourth-order valence-corrected chi connectivity index (χ4v) is 4.81. The molecular formula is C26H32Cl2FN3O4. The van der Waals surface area contributed by atoms with Crippen LogP contribution in [0.15, 0.2) is 36.4 Å². The van der Waals surface area contributed by atoms with E-state index < -0.39 is 42.3 Å². The van der Waals surface area contributed by atoms with Crippen molar-refractivity contribution in [2.75, 3.05) is 18.5 Å². The predicted molar refractivity (Wildman–Crippen MR) is 139 cm³/mol. The highest BCUT2D eigenvalue weighted by Gasteiger charge is 2.39. The maximum atomic E-state index is 14.4. The van der Waals surface area contributed by atoms with Gasteiger partial charge in [0.05, 0.1) is 23.7 Å². The second-order valence-corrected chi connectivity index (χ2v) is 11.2.